The smallest absolute Gasteiger partial charge is 0.137 e. The summed E-state index contributed by atoms with van der Waals surface area (Å²) in [4.78, 5) is 4.26. The first kappa shape index (κ1) is 13.6. The molecule has 0 saturated heterocycles. The number of rotatable bonds is 1. The Morgan fingerprint density at radius 2 is 1.82 bits per heavy atom. The maximum Gasteiger partial charge on any atom is 0.137 e. The number of aryl methyl sites for hydroxylation is 1. The summed E-state index contributed by atoms with van der Waals surface area (Å²) in [7, 11) is 0. The third-order valence-electron chi connectivity index (χ3n) is 2.61. The fraction of sp³-hybridized carbons (Fsp3) is 0.400. The molecule has 2 rings (SSSR count). The van der Waals surface area contributed by atoms with E-state index < -0.39 is 0 Å². The topological polar surface area (TPSA) is 12.9 Å². The number of halogens is 1. The van der Waals surface area contributed by atoms with Gasteiger partial charge in [0.1, 0.15) is 5.82 Å². The molecule has 92 valence electrons. The van der Waals surface area contributed by atoms with Gasteiger partial charge in [-0.05, 0) is 25.0 Å². The molecule has 0 aliphatic carbocycles. The molecule has 17 heavy (non-hydrogen) atoms. The highest BCUT2D eigenvalue weighted by atomic mass is 19.1. The highest BCUT2D eigenvalue weighted by Crippen LogP contribution is 2.24. The predicted octanol–water partition coefficient (Wildman–Crippen LogP) is 4.83. The van der Waals surface area contributed by atoms with E-state index in [9.17, 15) is 4.39 Å². The second kappa shape index (κ2) is 5.76. The lowest BCUT2D eigenvalue weighted by atomic mass is 10.0. The van der Waals surface area contributed by atoms with Crippen LogP contribution in [0.4, 0.5) is 4.39 Å². The lowest BCUT2D eigenvalue weighted by Crippen LogP contribution is -1.96. The second-order valence-corrected chi connectivity index (χ2v) is 4.20. The first-order valence-electron chi connectivity index (χ1n) is 6.14. The number of nitrogens with zero attached hydrogens (tertiary/aromatic N) is 1. The summed E-state index contributed by atoms with van der Waals surface area (Å²) in [6, 6.07) is 5.66. The average molecular weight is 233 g/mol. The molecule has 0 spiro atoms. The van der Waals surface area contributed by atoms with Crippen LogP contribution in [0.3, 0.4) is 0 Å². The van der Waals surface area contributed by atoms with Crippen LogP contribution in [-0.4, -0.2) is 4.98 Å². The number of benzene rings is 1. The van der Waals surface area contributed by atoms with E-state index in [4.69, 9.17) is 0 Å². The van der Waals surface area contributed by atoms with Gasteiger partial charge in [-0.15, -0.1) is 0 Å². The van der Waals surface area contributed by atoms with E-state index in [2.05, 4.69) is 4.98 Å². The van der Waals surface area contributed by atoms with Crippen molar-refractivity contribution in [3.8, 4) is 0 Å². The van der Waals surface area contributed by atoms with Crippen molar-refractivity contribution in [3.05, 3.63) is 41.3 Å². The van der Waals surface area contributed by atoms with Crippen molar-refractivity contribution in [3.63, 3.8) is 0 Å². The van der Waals surface area contributed by atoms with E-state index in [-0.39, 0.29) is 11.7 Å². The average Bonchev–Trinajstić information content (AvgIpc) is 2.32. The molecule has 0 saturated carbocycles. The fourth-order valence-electron chi connectivity index (χ4n) is 1.69. The van der Waals surface area contributed by atoms with Crippen molar-refractivity contribution in [1.82, 2.24) is 4.98 Å². The van der Waals surface area contributed by atoms with Crippen molar-refractivity contribution >= 4 is 10.9 Å². The molecule has 0 unspecified atom stereocenters. The maximum atomic E-state index is 14.1. The van der Waals surface area contributed by atoms with Crippen molar-refractivity contribution in [2.24, 2.45) is 0 Å². The van der Waals surface area contributed by atoms with Gasteiger partial charge >= 0.3 is 0 Å². The molecule has 0 amide bonds. The zero-order valence-corrected chi connectivity index (χ0v) is 11.2. The van der Waals surface area contributed by atoms with Crippen molar-refractivity contribution in [2.75, 3.05) is 0 Å². The molecule has 0 N–H and O–H groups in total. The molecule has 0 bridgehead atoms. The van der Waals surface area contributed by atoms with E-state index in [0.29, 0.717) is 10.9 Å². The zero-order chi connectivity index (χ0) is 13.0. The Labute approximate surface area is 103 Å². The van der Waals surface area contributed by atoms with Gasteiger partial charge in [0.2, 0.25) is 0 Å². The standard InChI is InChI=1S/C13H14FN.C2H6/c1-8(2)11-7-15-12-5-4-9(3)6-10(12)13(11)14;1-2/h4-8H,1-3H3;1-2H3. The fourth-order valence-corrected chi connectivity index (χ4v) is 1.69. The Morgan fingerprint density at radius 3 is 2.41 bits per heavy atom. The molecular weight excluding hydrogens is 213 g/mol. The molecule has 2 aromatic rings. The van der Waals surface area contributed by atoms with Crippen LogP contribution in [0.2, 0.25) is 0 Å². The van der Waals surface area contributed by atoms with Crippen molar-refractivity contribution in [2.45, 2.75) is 40.5 Å². The Kier molecular flexibility index (Phi) is 4.62. The summed E-state index contributed by atoms with van der Waals surface area (Å²) in [6.45, 7) is 9.91. The molecule has 0 radical (unpaired) electrons. The van der Waals surface area contributed by atoms with Crippen LogP contribution in [-0.2, 0) is 0 Å². The summed E-state index contributed by atoms with van der Waals surface area (Å²) >= 11 is 0. The normalized spacial score (nSPS) is 10.3. The number of fused-ring (bicyclic) bond motifs is 1. The van der Waals surface area contributed by atoms with Gasteiger partial charge in [-0.1, -0.05) is 39.3 Å². The molecule has 2 heteroatoms. The van der Waals surface area contributed by atoms with Crippen LogP contribution in [0, 0.1) is 12.7 Å². The summed E-state index contributed by atoms with van der Waals surface area (Å²) < 4.78 is 14.1. The SMILES string of the molecule is CC.Cc1ccc2ncc(C(C)C)c(F)c2c1. The summed E-state index contributed by atoms with van der Waals surface area (Å²) in [5, 5.41) is 0.626. The van der Waals surface area contributed by atoms with Gasteiger partial charge in [0.25, 0.3) is 0 Å². The van der Waals surface area contributed by atoms with Gasteiger partial charge in [-0.2, -0.15) is 0 Å². The monoisotopic (exact) mass is 233 g/mol. The van der Waals surface area contributed by atoms with Crippen LogP contribution in [0.25, 0.3) is 10.9 Å². The van der Waals surface area contributed by atoms with E-state index >= 15 is 0 Å². The summed E-state index contributed by atoms with van der Waals surface area (Å²) in [5.41, 5.74) is 2.47. The predicted molar refractivity (Wildman–Crippen MR) is 71.9 cm³/mol. The molecule has 0 fully saturated rings. The van der Waals surface area contributed by atoms with E-state index in [0.717, 1.165) is 11.1 Å². The van der Waals surface area contributed by atoms with Gasteiger partial charge in [0, 0.05) is 17.1 Å². The quantitative estimate of drug-likeness (QED) is 0.687. The van der Waals surface area contributed by atoms with E-state index in [1.807, 2.05) is 52.8 Å². The second-order valence-electron chi connectivity index (χ2n) is 4.20. The first-order chi connectivity index (χ1) is 8.09. The summed E-state index contributed by atoms with van der Waals surface area (Å²) in [6.07, 6.45) is 1.64. The highest BCUT2D eigenvalue weighted by Gasteiger charge is 2.11. The van der Waals surface area contributed by atoms with Crippen LogP contribution in [0.1, 0.15) is 44.7 Å². The Bertz CT molecular complexity index is 503. The lowest BCUT2D eigenvalue weighted by molar-refractivity contribution is 0.607. The zero-order valence-electron chi connectivity index (χ0n) is 11.2. The van der Waals surface area contributed by atoms with Gasteiger partial charge in [0.05, 0.1) is 5.52 Å². The molecule has 1 heterocycles. The van der Waals surface area contributed by atoms with Gasteiger partial charge in [-0.25, -0.2) is 4.39 Å². The molecule has 0 aliphatic heterocycles. The van der Waals surface area contributed by atoms with E-state index in [1.165, 1.54) is 0 Å². The number of aromatic nitrogens is 1. The van der Waals surface area contributed by atoms with Gasteiger partial charge in [0.15, 0.2) is 0 Å². The molecule has 1 aromatic carbocycles. The number of hydrogen-bond acceptors (Lipinski definition) is 1. The minimum absolute atomic E-state index is 0.126. The number of pyridine rings is 1. The minimum Gasteiger partial charge on any atom is -0.256 e. The van der Waals surface area contributed by atoms with Crippen LogP contribution < -0.4 is 0 Å². The molecular formula is C15H20FN. The molecule has 0 aliphatic rings. The van der Waals surface area contributed by atoms with Crippen LogP contribution >= 0.6 is 0 Å². The van der Waals surface area contributed by atoms with Gasteiger partial charge in [-0.3, -0.25) is 4.98 Å². The molecule has 1 nitrogen and oxygen atoms in total. The largest absolute Gasteiger partial charge is 0.256 e. The third kappa shape index (κ3) is 2.82. The lowest BCUT2D eigenvalue weighted by Gasteiger charge is -2.09. The highest BCUT2D eigenvalue weighted by molar-refractivity contribution is 5.80. The molecule has 0 atom stereocenters. The van der Waals surface area contributed by atoms with Crippen LogP contribution in [0.15, 0.2) is 24.4 Å². The van der Waals surface area contributed by atoms with E-state index in [1.54, 1.807) is 6.20 Å². The number of hydrogen-bond donors (Lipinski definition) is 0. The van der Waals surface area contributed by atoms with Gasteiger partial charge < -0.3 is 0 Å². The van der Waals surface area contributed by atoms with Crippen LogP contribution in [0.5, 0.6) is 0 Å². The third-order valence-corrected chi connectivity index (χ3v) is 2.61. The minimum atomic E-state index is -0.126. The van der Waals surface area contributed by atoms with Crippen molar-refractivity contribution < 1.29 is 4.39 Å². The first-order valence-corrected chi connectivity index (χ1v) is 6.14. The Hall–Kier alpha value is -1.44. The maximum absolute atomic E-state index is 14.1. The van der Waals surface area contributed by atoms with Crippen molar-refractivity contribution in [1.29, 1.82) is 0 Å². The summed E-state index contributed by atoms with van der Waals surface area (Å²) in [5.74, 6) is 0.0427. The Balaban J connectivity index is 0.000000686. The Morgan fingerprint density at radius 1 is 1.18 bits per heavy atom. The molecule has 1 aromatic heterocycles.